The zero-order valence-electron chi connectivity index (χ0n) is 16.5. The van der Waals surface area contributed by atoms with E-state index in [-0.39, 0.29) is 23.8 Å². The first kappa shape index (κ1) is 21.1. The molecule has 8 nitrogen and oxygen atoms in total. The number of nitrogens with two attached hydrogens (primary N) is 2. The van der Waals surface area contributed by atoms with E-state index in [2.05, 4.69) is 15.3 Å². The van der Waals surface area contributed by atoms with Gasteiger partial charge in [-0.05, 0) is 43.2 Å². The lowest BCUT2D eigenvalue weighted by Crippen LogP contribution is -2.26. The molecule has 0 fully saturated rings. The molecule has 30 heavy (non-hydrogen) atoms. The number of rotatable bonds is 6. The first-order chi connectivity index (χ1) is 14.3. The van der Waals surface area contributed by atoms with E-state index < -0.39 is 11.8 Å². The third-order valence-corrected chi connectivity index (χ3v) is 5.36. The van der Waals surface area contributed by atoms with Crippen molar-refractivity contribution in [2.24, 2.45) is 5.73 Å². The van der Waals surface area contributed by atoms with E-state index in [1.807, 2.05) is 19.9 Å². The molecule has 0 bridgehead atoms. The smallest absolute Gasteiger partial charge is 0.274 e. The number of hydrogen-bond acceptors (Lipinski definition) is 7. The molecule has 0 radical (unpaired) electrons. The number of carbonyl (C=O) groups is 2. The lowest BCUT2D eigenvalue weighted by molar-refractivity contribution is 0.0944. The Morgan fingerprint density at radius 1 is 1.20 bits per heavy atom. The van der Waals surface area contributed by atoms with Crippen LogP contribution in [0, 0.1) is 13.8 Å². The molecule has 0 spiro atoms. The number of benzene rings is 2. The summed E-state index contributed by atoms with van der Waals surface area (Å²) in [6, 6.07) is 10.4. The van der Waals surface area contributed by atoms with Crippen molar-refractivity contribution in [3.8, 4) is 5.75 Å². The van der Waals surface area contributed by atoms with Crippen molar-refractivity contribution < 1.29 is 14.7 Å². The van der Waals surface area contributed by atoms with Gasteiger partial charge in [0.25, 0.3) is 5.91 Å². The number of anilines is 1. The lowest BCUT2D eigenvalue weighted by Gasteiger charge is -2.12. The van der Waals surface area contributed by atoms with Gasteiger partial charge in [0.05, 0.1) is 11.8 Å². The number of amides is 2. The molecule has 9 heteroatoms. The van der Waals surface area contributed by atoms with Crippen molar-refractivity contribution in [2.45, 2.75) is 30.3 Å². The molecule has 2 aromatic carbocycles. The molecular weight excluding hydrogens is 402 g/mol. The van der Waals surface area contributed by atoms with Gasteiger partial charge < -0.3 is 21.9 Å². The van der Waals surface area contributed by atoms with Crippen LogP contribution in [0.15, 0.2) is 52.5 Å². The number of aryl methyl sites for hydroxylation is 2. The van der Waals surface area contributed by atoms with E-state index in [0.29, 0.717) is 21.0 Å². The fourth-order valence-corrected chi connectivity index (χ4v) is 3.82. The molecule has 3 rings (SSSR count). The summed E-state index contributed by atoms with van der Waals surface area (Å²) in [5.74, 6) is -0.998. The summed E-state index contributed by atoms with van der Waals surface area (Å²) in [6.07, 6.45) is 1.42. The molecule has 0 aliphatic rings. The molecule has 0 saturated carbocycles. The van der Waals surface area contributed by atoms with Crippen molar-refractivity contribution >= 4 is 29.4 Å². The van der Waals surface area contributed by atoms with Crippen LogP contribution in [0.1, 0.15) is 37.5 Å². The molecule has 0 atom stereocenters. The van der Waals surface area contributed by atoms with Gasteiger partial charge >= 0.3 is 0 Å². The van der Waals surface area contributed by atoms with Crippen molar-refractivity contribution in [3.63, 3.8) is 0 Å². The number of carbonyl (C=O) groups excluding carboxylic acids is 2. The van der Waals surface area contributed by atoms with Crippen molar-refractivity contribution in [1.82, 2.24) is 15.3 Å². The molecule has 6 N–H and O–H groups in total. The maximum Gasteiger partial charge on any atom is 0.274 e. The quantitative estimate of drug-likeness (QED) is 0.477. The number of nitrogens with zero attached hydrogens (tertiary/aromatic N) is 2. The highest BCUT2D eigenvalue weighted by Crippen LogP contribution is 2.29. The Morgan fingerprint density at radius 3 is 2.63 bits per heavy atom. The topological polar surface area (TPSA) is 144 Å². The van der Waals surface area contributed by atoms with Crippen LogP contribution < -0.4 is 16.8 Å². The monoisotopic (exact) mass is 423 g/mol. The predicted molar refractivity (Wildman–Crippen MR) is 114 cm³/mol. The second kappa shape index (κ2) is 8.83. The standard InChI is InChI=1S/C21H21N5O3S/c1-11-7-12(2)14(15(27)8-11)9-25-21(29)18-19(22)24-10-17(26-18)30-16-6-4-3-5-13(16)20(23)28/h3-8,10,27H,9H2,1-2H3,(H2,22,24)(H2,23,28)(H,25,29). The average Bonchev–Trinajstić information content (AvgIpc) is 2.68. The third kappa shape index (κ3) is 4.69. The molecule has 0 aliphatic heterocycles. The molecule has 1 aromatic heterocycles. The molecule has 3 aromatic rings. The first-order valence-electron chi connectivity index (χ1n) is 9.02. The Bertz CT molecular complexity index is 1110. The zero-order valence-corrected chi connectivity index (χ0v) is 17.3. The fourth-order valence-electron chi connectivity index (χ4n) is 2.93. The number of phenols is 1. The molecule has 0 aliphatic carbocycles. The van der Waals surface area contributed by atoms with Gasteiger partial charge in [-0.1, -0.05) is 30.0 Å². The van der Waals surface area contributed by atoms with Crippen LogP contribution in [0.4, 0.5) is 5.82 Å². The summed E-state index contributed by atoms with van der Waals surface area (Å²) in [7, 11) is 0. The highest BCUT2D eigenvalue weighted by Gasteiger charge is 2.17. The molecule has 154 valence electrons. The van der Waals surface area contributed by atoms with Gasteiger partial charge in [-0.2, -0.15) is 0 Å². The summed E-state index contributed by atoms with van der Waals surface area (Å²) in [4.78, 5) is 33.2. The van der Waals surface area contributed by atoms with Crippen molar-refractivity contribution in [2.75, 3.05) is 5.73 Å². The summed E-state index contributed by atoms with van der Waals surface area (Å²) < 4.78 is 0. The van der Waals surface area contributed by atoms with E-state index in [4.69, 9.17) is 11.5 Å². The summed E-state index contributed by atoms with van der Waals surface area (Å²) >= 11 is 1.15. The Balaban J connectivity index is 1.80. The van der Waals surface area contributed by atoms with Crippen LogP contribution in [0.3, 0.4) is 0 Å². The largest absolute Gasteiger partial charge is 0.508 e. The zero-order chi connectivity index (χ0) is 21.8. The molecule has 0 saturated heterocycles. The van der Waals surface area contributed by atoms with Crippen LogP contribution in [-0.2, 0) is 6.54 Å². The van der Waals surface area contributed by atoms with E-state index in [1.165, 1.54) is 6.20 Å². The SMILES string of the molecule is Cc1cc(C)c(CNC(=O)c2nc(Sc3ccccc3C(N)=O)cnc2N)c(O)c1. The second-order valence-corrected chi connectivity index (χ2v) is 7.73. The minimum Gasteiger partial charge on any atom is -0.508 e. The van der Waals surface area contributed by atoms with Gasteiger partial charge in [-0.25, -0.2) is 9.97 Å². The Hall–Kier alpha value is -3.59. The Morgan fingerprint density at radius 2 is 1.93 bits per heavy atom. The highest BCUT2D eigenvalue weighted by molar-refractivity contribution is 7.99. The number of hydrogen-bond donors (Lipinski definition) is 4. The number of aromatic hydroxyl groups is 1. The minimum absolute atomic E-state index is 0.0233. The molecule has 1 heterocycles. The molecule has 0 unspecified atom stereocenters. The first-order valence-corrected chi connectivity index (χ1v) is 9.84. The highest BCUT2D eigenvalue weighted by atomic mass is 32.2. The number of phenolic OH excluding ortho intramolecular Hbond substituents is 1. The van der Waals surface area contributed by atoms with Crippen LogP contribution in [0.2, 0.25) is 0 Å². The Labute approximate surface area is 177 Å². The number of aromatic nitrogens is 2. The average molecular weight is 423 g/mol. The van der Waals surface area contributed by atoms with Gasteiger partial charge in [0.15, 0.2) is 11.5 Å². The Kier molecular flexibility index (Phi) is 6.22. The third-order valence-electron chi connectivity index (χ3n) is 4.38. The van der Waals surface area contributed by atoms with Gasteiger partial charge in [0.1, 0.15) is 10.8 Å². The van der Waals surface area contributed by atoms with Gasteiger partial charge in [-0.3, -0.25) is 9.59 Å². The molecule has 2 amide bonds. The number of nitrogen functional groups attached to an aromatic ring is 1. The minimum atomic E-state index is -0.562. The predicted octanol–water partition coefficient (Wildman–Crippen LogP) is 2.56. The van der Waals surface area contributed by atoms with Crippen LogP contribution in [-0.4, -0.2) is 26.9 Å². The fraction of sp³-hybridized carbons (Fsp3) is 0.143. The summed E-state index contributed by atoms with van der Waals surface area (Å²) in [5.41, 5.74) is 14.0. The summed E-state index contributed by atoms with van der Waals surface area (Å²) in [5, 5.41) is 13.2. The van der Waals surface area contributed by atoms with Gasteiger partial charge in [0.2, 0.25) is 5.91 Å². The number of primary amides is 1. The van der Waals surface area contributed by atoms with E-state index in [0.717, 1.165) is 22.9 Å². The van der Waals surface area contributed by atoms with Crippen molar-refractivity contribution in [3.05, 3.63) is 70.5 Å². The maximum absolute atomic E-state index is 12.6. The normalized spacial score (nSPS) is 10.6. The van der Waals surface area contributed by atoms with E-state index in [9.17, 15) is 14.7 Å². The van der Waals surface area contributed by atoms with E-state index >= 15 is 0 Å². The van der Waals surface area contributed by atoms with E-state index in [1.54, 1.807) is 30.3 Å². The lowest BCUT2D eigenvalue weighted by atomic mass is 10.0. The van der Waals surface area contributed by atoms with Crippen molar-refractivity contribution in [1.29, 1.82) is 0 Å². The van der Waals surface area contributed by atoms with Crippen LogP contribution in [0.5, 0.6) is 5.75 Å². The number of nitrogens with one attached hydrogen (secondary N) is 1. The van der Waals surface area contributed by atoms with Gasteiger partial charge in [-0.15, -0.1) is 0 Å². The van der Waals surface area contributed by atoms with Crippen LogP contribution in [0.25, 0.3) is 0 Å². The molecular formula is C21H21N5O3S. The van der Waals surface area contributed by atoms with Crippen LogP contribution >= 0.6 is 11.8 Å². The maximum atomic E-state index is 12.6. The summed E-state index contributed by atoms with van der Waals surface area (Å²) in [6.45, 7) is 3.85. The van der Waals surface area contributed by atoms with Gasteiger partial charge in [0, 0.05) is 17.0 Å². The second-order valence-electron chi connectivity index (χ2n) is 6.67.